The van der Waals surface area contributed by atoms with Crippen LogP contribution in [0.4, 0.5) is 5.69 Å². The first-order valence-corrected chi connectivity index (χ1v) is 14.0. The highest BCUT2D eigenvalue weighted by Crippen LogP contribution is 2.31. The molecule has 0 aliphatic rings. The quantitative estimate of drug-likeness (QED) is 0.287. The van der Waals surface area contributed by atoms with Gasteiger partial charge in [0.15, 0.2) is 0 Å². The first-order valence-electron chi connectivity index (χ1n) is 11.7. The summed E-state index contributed by atoms with van der Waals surface area (Å²) in [4.78, 5) is 17.6. The van der Waals surface area contributed by atoms with Gasteiger partial charge < -0.3 is 5.32 Å². The lowest BCUT2D eigenvalue weighted by atomic mass is 10.2. The minimum atomic E-state index is -3.57. The summed E-state index contributed by atoms with van der Waals surface area (Å²) in [7, 11) is -3.57. The van der Waals surface area contributed by atoms with E-state index in [1.165, 1.54) is 22.0 Å². The lowest BCUT2D eigenvalue weighted by Crippen LogP contribution is -2.31. The lowest BCUT2D eigenvalue weighted by Gasteiger charge is -2.20. The van der Waals surface area contributed by atoms with Crippen LogP contribution in [0.2, 0.25) is 0 Å². The first-order chi connectivity index (χ1) is 16.8. The van der Waals surface area contributed by atoms with Gasteiger partial charge in [-0.05, 0) is 79.6 Å². The van der Waals surface area contributed by atoms with Crippen LogP contribution in [0.25, 0.3) is 20.8 Å². The normalized spacial score (nSPS) is 11.8. The summed E-state index contributed by atoms with van der Waals surface area (Å²) in [6, 6.07) is 19.9. The van der Waals surface area contributed by atoms with E-state index in [4.69, 9.17) is 4.98 Å². The topological polar surface area (TPSA) is 79.4 Å². The molecule has 1 amide bonds. The van der Waals surface area contributed by atoms with Crippen molar-refractivity contribution < 1.29 is 13.2 Å². The monoisotopic (exact) mass is 507 g/mol. The van der Waals surface area contributed by atoms with Gasteiger partial charge in [0.2, 0.25) is 10.0 Å². The second kappa shape index (κ2) is 10.7. The third kappa shape index (κ3) is 5.61. The predicted octanol–water partition coefficient (Wildman–Crippen LogP) is 6.33. The maximum Gasteiger partial charge on any atom is 0.255 e. The summed E-state index contributed by atoms with van der Waals surface area (Å²) in [5.41, 5.74) is 4.22. The van der Waals surface area contributed by atoms with Crippen LogP contribution in [0.1, 0.15) is 42.6 Å². The molecule has 0 saturated carbocycles. The number of fused-ring (bicyclic) bond motifs is 1. The number of anilines is 1. The molecule has 6 nitrogen and oxygen atoms in total. The van der Waals surface area contributed by atoms with E-state index >= 15 is 0 Å². The highest BCUT2D eigenvalue weighted by Gasteiger charge is 2.22. The molecular formula is C27H29N3O3S2. The number of sulfonamides is 1. The van der Waals surface area contributed by atoms with Crippen LogP contribution in [-0.2, 0) is 10.0 Å². The zero-order valence-electron chi connectivity index (χ0n) is 20.1. The predicted molar refractivity (Wildman–Crippen MR) is 144 cm³/mol. The minimum absolute atomic E-state index is 0.197. The van der Waals surface area contributed by atoms with Crippen molar-refractivity contribution in [2.24, 2.45) is 0 Å². The van der Waals surface area contributed by atoms with E-state index in [0.717, 1.165) is 33.6 Å². The number of amides is 1. The fourth-order valence-corrected chi connectivity index (χ4v) is 6.32. The molecule has 35 heavy (non-hydrogen) atoms. The standard InChI is InChI=1S/C27H29N3O3S2/c1-4-6-17-30(5-2)35(32,33)23-14-10-20(11-15-23)26(31)28-22-12-8-21(9-13-22)27-29-24-16-7-19(3)18-25(24)34-27/h7-16,18H,4-6,17H2,1-3H3,(H,28,31). The van der Waals surface area contributed by atoms with Crippen LogP contribution in [0, 0.1) is 6.92 Å². The van der Waals surface area contributed by atoms with Gasteiger partial charge in [-0.2, -0.15) is 4.31 Å². The molecule has 4 aromatic rings. The maximum atomic E-state index is 12.9. The van der Waals surface area contributed by atoms with E-state index in [1.54, 1.807) is 23.5 Å². The Morgan fingerprint density at radius 1 is 1.00 bits per heavy atom. The fraction of sp³-hybridized carbons (Fsp3) is 0.259. The lowest BCUT2D eigenvalue weighted by molar-refractivity contribution is 0.102. The Hall–Kier alpha value is -3.07. The van der Waals surface area contributed by atoms with Crippen molar-refractivity contribution in [1.82, 2.24) is 9.29 Å². The van der Waals surface area contributed by atoms with Crippen molar-refractivity contribution in [2.75, 3.05) is 18.4 Å². The molecule has 8 heteroatoms. The number of benzene rings is 3. The highest BCUT2D eigenvalue weighted by molar-refractivity contribution is 7.89. The van der Waals surface area contributed by atoms with E-state index in [0.29, 0.717) is 24.3 Å². The third-order valence-corrected chi connectivity index (χ3v) is 8.86. The molecule has 0 unspecified atom stereocenters. The summed E-state index contributed by atoms with van der Waals surface area (Å²) in [5, 5.41) is 3.81. The average molecular weight is 508 g/mol. The Balaban J connectivity index is 1.44. The summed E-state index contributed by atoms with van der Waals surface area (Å²) in [6.07, 6.45) is 1.73. The Bertz CT molecular complexity index is 1430. The maximum absolute atomic E-state index is 12.9. The van der Waals surface area contributed by atoms with Gasteiger partial charge in [0, 0.05) is 29.9 Å². The van der Waals surface area contributed by atoms with Crippen LogP contribution >= 0.6 is 11.3 Å². The van der Waals surface area contributed by atoms with Gasteiger partial charge in [-0.15, -0.1) is 11.3 Å². The molecule has 0 saturated heterocycles. The van der Waals surface area contributed by atoms with Crippen LogP contribution in [0.3, 0.4) is 0 Å². The van der Waals surface area contributed by atoms with E-state index in [1.807, 2.05) is 44.2 Å². The zero-order valence-corrected chi connectivity index (χ0v) is 21.7. The van der Waals surface area contributed by atoms with Gasteiger partial charge in [-0.25, -0.2) is 13.4 Å². The number of carbonyl (C=O) groups is 1. The van der Waals surface area contributed by atoms with Gasteiger partial charge in [-0.3, -0.25) is 4.79 Å². The number of hydrogen-bond acceptors (Lipinski definition) is 5. The van der Waals surface area contributed by atoms with Gasteiger partial charge in [0.05, 0.1) is 15.1 Å². The number of carbonyl (C=O) groups excluding carboxylic acids is 1. The van der Waals surface area contributed by atoms with Crippen molar-refractivity contribution in [3.05, 3.63) is 77.9 Å². The Kier molecular flexibility index (Phi) is 7.64. The number of nitrogens with one attached hydrogen (secondary N) is 1. The van der Waals surface area contributed by atoms with Crippen molar-refractivity contribution >= 4 is 43.2 Å². The van der Waals surface area contributed by atoms with Crippen molar-refractivity contribution in [3.8, 4) is 10.6 Å². The number of thiazole rings is 1. The number of aryl methyl sites for hydroxylation is 1. The second-order valence-electron chi connectivity index (χ2n) is 8.40. The minimum Gasteiger partial charge on any atom is -0.322 e. The summed E-state index contributed by atoms with van der Waals surface area (Å²) >= 11 is 1.64. The van der Waals surface area contributed by atoms with Crippen molar-refractivity contribution in [2.45, 2.75) is 38.5 Å². The summed E-state index contributed by atoms with van der Waals surface area (Å²) in [6.45, 7) is 6.83. The van der Waals surface area contributed by atoms with E-state index in [2.05, 4.69) is 24.4 Å². The van der Waals surface area contributed by atoms with E-state index in [-0.39, 0.29) is 10.8 Å². The molecule has 0 atom stereocenters. The number of nitrogens with zero attached hydrogens (tertiary/aromatic N) is 2. The molecule has 0 aliphatic heterocycles. The molecule has 182 valence electrons. The molecule has 4 rings (SSSR count). The van der Waals surface area contributed by atoms with Crippen LogP contribution in [0.15, 0.2) is 71.6 Å². The SMILES string of the molecule is CCCCN(CC)S(=O)(=O)c1ccc(C(=O)Nc2ccc(-c3nc4ccc(C)cc4s3)cc2)cc1. The number of rotatable bonds is 9. The molecule has 3 aromatic carbocycles. The molecule has 0 aliphatic carbocycles. The molecule has 0 bridgehead atoms. The smallest absolute Gasteiger partial charge is 0.255 e. The van der Waals surface area contributed by atoms with Crippen LogP contribution < -0.4 is 5.32 Å². The van der Waals surface area contributed by atoms with Crippen molar-refractivity contribution in [1.29, 1.82) is 0 Å². The number of hydrogen-bond donors (Lipinski definition) is 1. The van der Waals surface area contributed by atoms with Crippen LogP contribution in [-0.4, -0.2) is 36.7 Å². The van der Waals surface area contributed by atoms with Crippen LogP contribution in [0.5, 0.6) is 0 Å². The van der Waals surface area contributed by atoms with E-state index in [9.17, 15) is 13.2 Å². The molecule has 1 aromatic heterocycles. The Morgan fingerprint density at radius 2 is 1.71 bits per heavy atom. The van der Waals surface area contributed by atoms with Crippen molar-refractivity contribution in [3.63, 3.8) is 0 Å². The molecule has 1 heterocycles. The van der Waals surface area contributed by atoms with Gasteiger partial charge in [0.25, 0.3) is 5.91 Å². The number of aromatic nitrogens is 1. The average Bonchev–Trinajstić information content (AvgIpc) is 3.28. The molecule has 0 fully saturated rings. The highest BCUT2D eigenvalue weighted by atomic mass is 32.2. The summed E-state index contributed by atoms with van der Waals surface area (Å²) in [5.74, 6) is -0.296. The summed E-state index contributed by atoms with van der Waals surface area (Å²) < 4.78 is 28.4. The number of unbranched alkanes of at least 4 members (excludes halogenated alkanes) is 1. The largest absolute Gasteiger partial charge is 0.322 e. The third-order valence-electron chi connectivity index (χ3n) is 5.80. The first kappa shape index (κ1) is 25.0. The molecular weight excluding hydrogens is 478 g/mol. The van der Waals surface area contributed by atoms with Gasteiger partial charge >= 0.3 is 0 Å². The van der Waals surface area contributed by atoms with E-state index < -0.39 is 10.0 Å². The fourth-order valence-electron chi connectivity index (χ4n) is 3.76. The zero-order chi connectivity index (χ0) is 25.0. The Labute approximate surface area is 210 Å². The van der Waals surface area contributed by atoms with Gasteiger partial charge in [0.1, 0.15) is 5.01 Å². The molecule has 1 N–H and O–H groups in total. The molecule has 0 radical (unpaired) electrons. The molecule has 0 spiro atoms. The van der Waals surface area contributed by atoms with Gasteiger partial charge in [-0.1, -0.05) is 26.3 Å². The second-order valence-corrected chi connectivity index (χ2v) is 11.4. The Morgan fingerprint density at radius 3 is 2.37 bits per heavy atom.